The molecule has 0 aromatic carbocycles. The predicted molar refractivity (Wildman–Crippen MR) is 49.3 cm³/mol. The van der Waals surface area contributed by atoms with Gasteiger partial charge in [-0.15, -0.1) is 0 Å². The van der Waals surface area contributed by atoms with E-state index in [0.717, 1.165) is 0 Å². The summed E-state index contributed by atoms with van der Waals surface area (Å²) in [6.07, 6.45) is -0.508. The van der Waals surface area contributed by atoms with Gasteiger partial charge in [0.15, 0.2) is 0 Å². The lowest BCUT2D eigenvalue weighted by Gasteiger charge is -2.20. The maximum absolute atomic E-state index is 11.3. The van der Waals surface area contributed by atoms with E-state index in [0.29, 0.717) is 13.1 Å². The molecule has 0 heterocycles. The number of carbonyl (C=O) groups is 2. The van der Waals surface area contributed by atoms with E-state index in [4.69, 9.17) is 10.4 Å². The zero-order chi connectivity index (χ0) is 11.1. The molecule has 0 bridgehead atoms. The van der Waals surface area contributed by atoms with Gasteiger partial charge < -0.3 is 10.0 Å². The van der Waals surface area contributed by atoms with Gasteiger partial charge in [-0.3, -0.25) is 9.59 Å². The van der Waals surface area contributed by atoms with Gasteiger partial charge in [0.2, 0.25) is 5.91 Å². The maximum atomic E-state index is 11.3. The van der Waals surface area contributed by atoms with Crippen molar-refractivity contribution < 1.29 is 14.7 Å². The number of aliphatic carboxylic acids is 1. The number of carboxylic acids is 1. The summed E-state index contributed by atoms with van der Waals surface area (Å²) in [5, 5.41) is 16.9. The van der Waals surface area contributed by atoms with Crippen LogP contribution < -0.4 is 0 Å². The van der Waals surface area contributed by atoms with Crippen molar-refractivity contribution in [1.82, 2.24) is 4.90 Å². The van der Waals surface area contributed by atoms with Crippen molar-refractivity contribution >= 4 is 11.9 Å². The summed E-state index contributed by atoms with van der Waals surface area (Å²) in [7, 11) is 0. The van der Waals surface area contributed by atoms with Gasteiger partial charge in [0.1, 0.15) is 6.42 Å². The summed E-state index contributed by atoms with van der Waals surface area (Å²) in [4.78, 5) is 22.9. The second kappa shape index (κ2) is 5.97. The molecule has 5 nitrogen and oxygen atoms in total. The SMILES string of the molecule is CCN(CC(C)C#N)C(=O)CC(=O)O. The minimum absolute atomic E-state index is 0.271. The monoisotopic (exact) mass is 198 g/mol. The normalized spacial score (nSPS) is 11.5. The third-order valence-corrected chi connectivity index (χ3v) is 1.75. The second-order valence-corrected chi connectivity index (χ2v) is 3.03. The van der Waals surface area contributed by atoms with Crippen molar-refractivity contribution in [3.05, 3.63) is 0 Å². The van der Waals surface area contributed by atoms with Gasteiger partial charge in [-0.05, 0) is 13.8 Å². The van der Waals surface area contributed by atoms with Crippen LogP contribution >= 0.6 is 0 Å². The number of carboxylic acid groups (broad SMARTS) is 1. The molecule has 1 unspecified atom stereocenters. The van der Waals surface area contributed by atoms with Gasteiger partial charge in [-0.1, -0.05) is 0 Å². The second-order valence-electron chi connectivity index (χ2n) is 3.03. The first-order valence-electron chi connectivity index (χ1n) is 4.40. The predicted octanol–water partition coefficient (Wildman–Crippen LogP) is 0.469. The molecule has 1 atom stereocenters. The van der Waals surface area contributed by atoms with Crippen LogP contribution in [0.25, 0.3) is 0 Å². The van der Waals surface area contributed by atoms with Crippen LogP contribution in [-0.2, 0) is 9.59 Å². The Bertz CT molecular complexity index is 257. The van der Waals surface area contributed by atoms with Crippen molar-refractivity contribution in [2.45, 2.75) is 20.3 Å². The van der Waals surface area contributed by atoms with Crippen LogP contribution in [-0.4, -0.2) is 35.0 Å². The molecule has 0 saturated carbocycles. The molecule has 0 aromatic heterocycles. The topological polar surface area (TPSA) is 81.4 Å². The minimum Gasteiger partial charge on any atom is -0.481 e. The number of carbonyl (C=O) groups excluding carboxylic acids is 1. The summed E-state index contributed by atoms with van der Waals surface area (Å²) in [5.41, 5.74) is 0. The van der Waals surface area contributed by atoms with Crippen molar-refractivity contribution in [3.63, 3.8) is 0 Å². The van der Waals surface area contributed by atoms with Crippen LogP contribution in [0, 0.1) is 17.2 Å². The van der Waals surface area contributed by atoms with Crippen molar-refractivity contribution in [2.24, 2.45) is 5.92 Å². The summed E-state index contributed by atoms with van der Waals surface area (Å²) in [6, 6.07) is 2.00. The van der Waals surface area contributed by atoms with Crippen molar-refractivity contribution in [1.29, 1.82) is 5.26 Å². The fourth-order valence-corrected chi connectivity index (χ4v) is 1.02. The van der Waals surface area contributed by atoms with Gasteiger partial charge >= 0.3 is 5.97 Å². The van der Waals surface area contributed by atoms with Crippen LogP contribution in [0.1, 0.15) is 20.3 Å². The smallest absolute Gasteiger partial charge is 0.312 e. The van der Waals surface area contributed by atoms with E-state index in [1.165, 1.54) is 4.90 Å². The van der Waals surface area contributed by atoms with Crippen molar-refractivity contribution in [2.75, 3.05) is 13.1 Å². The summed E-state index contributed by atoms with van der Waals surface area (Å²) in [5.74, 6) is -1.85. The van der Waals surface area contributed by atoms with Crippen LogP contribution in [0.4, 0.5) is 0 Å². The molecular weight excluding hydrogens is 184 g/mol. The molecule has 0 rings (SSSR count). The molecule has 0 radical (unpaired) electrons. The Kier molecular flexibility index (Phi) is 5.30. The fourth-order valence-electron chi connectivity index (χ4n) is 1.02. The molecule has 0 aliphatic rings. The Hall–Kier alpha value is -1.57. The lowest BCUT2D eigenvalue weighted by Crippen LogP contribution is -2.35. The van der Waals surface area contributed by atoms with E-state index in [-0.39, 0.29) is 5.92 Å². The quantitative estimate of drug-likeness (QED) is 0.651. The number of amides is 1. The van der Waals surface area contributed by atoms with E-state index in [1.807, 2.05) is 6.07 Å². The first kappa shape index (κ1) is 12.4. The lowest BCUT2D eigenvalue weighted by atomic mass is 10.2. The molecule has 0 fully saturated rings. The van der Waals surface area contributed by atoms with E-state index >= 15 is 0 Å². The van der Waals surface area contributed by atoms with Gasteiger partial charge in [-0.2, -0.15) is 5.26 Å². The summed E-state index contributed by atoms with van der Waals surface area (Å²) < 4.78 is 0. The first-order chi connectivity index (χ1) is 6.51. The molecule has 0 aliphatic carbocycles. The first-order valence-corrected chi connectivity index (χ1v) is 4.40. The zero-order valence-electron chi connectivity index (χ0n) is 8.36. The minimum atomic E-state index is -1.14. The number of hydrogen-bond donors (Lipinski definition) is 1. The maximum Gasteiger partial charge on any atom is 0.312 e. The van der Waals surface area contributed by atoms with Crippen LogP contribution in [0.2, 0.25) is 0 Å². The summed E-state index contributed by atoms with van der Waals surface area (Å²) in [6.45, 7) is 4.16. The average Bonchev–Trinajstić information content (AvgIpc) is 2.12. The molecule has 0 saturated heterocycles. The largest absolute Gasteiger partial charge is 0.481 e. The van der Waals surface area contributed by atoms with Crippen LogP contribution in [0.15, 0.2) is 0 Å². The highest BCUT2D eigenvalue weighted by Crippen LogP contribution is 2.01. The Morgan fingerprint density at radius 2 is 2.14 bits per heavy atom. The van der Waals surface area contributed by atoms with Gasteiger partial charge in [0, 0.05) is 13.1 Å². The van der Waals surface area contributed by atoms with Gasteiger partial charge in [0.25, 0.3) is 0 Å². The lowest BCUT2D eigenvalue weighted by molar-refractivity contribution is -0.144. The molecule has 14 heavy (non-hydrogen) atoms. The van der Waals surface area contributed by atoms with Gasteiger partial charge in [0.05, 0.1) is 12.0 Å². The highest BCUT2D eigenvalue weighted by molar-refractivity contribution is 5.93. The Morgan fingerprint density at radius 3 is 2.50 bits per heavy atom. The fraction of sp³-hybridized carbons (Fsp3) is 0.667. The Morgan fingerprint density at radius 1 is 1.57 bits per heavy atom. The molecule has 78 valence electrons. The van der Waals surface area contributed by atoms with Crippen LogP contribution in [0.5, 0.6) is 0 Å². The molecule has 1 N–H and O–H groups in total. The third-order valence-electron chi connectivity index (χ3n) is 1.75. The number of nitriles is 1. The van der Waals surface area contributed by atoms with E-state index in [1.54, 1.807) is 13.8 Å². The Balaban J connectivity index is 4.20. The standard InChI is InChI=1S/C9H14N2O3/c1-3-11(6-7(2)5-10)8(12)4-9(13)14/h7H,3-4,6H2,1-2H3,(H,13,14). The molecular formula is C9H14N2O3. The number of rotatable bonds is 5. The Labute approximate surface area is 82.9 Å². The number of hydrogen-bond acceptors (Lipinski definition) is 3. The molecule has 0 spiro atoms. The number of nitrogens with zero attached hydrogens (tertiary/aromatic N) is 2. The van der Waals surface area contributed by atoms with E-state index in [2.05, 4.69) is 0 Å². The van der Waals surface area contributed by atoms with E-state index < -0.39 is 18.3 Å². The highest BCUT2D eigenvalue weighted by Gasteiger charge is 2.17. The van der Waals surface area contributed by atoms with Gasteiger partial charge in [-0.25, -0.2) is 0 Å². The molecule has 5 heteroatoms. The van der Waals surface area contributed by atoms with Crippen LogP contribution in [0.3, 0.4) is 0 Å². The molecule has 1 amide bonds. The zero-order valence-corrected chi connectivity index (χ0v) is 8.36. The molecule has 0 aromatic rings. The van der Waals surface area contributed by atoms with E-state index in [9.17, 15) is 9.59 Å². The average molecular weight is 198 g/mol. The summed E-state index contributed by atoms with van der Waals surface area (Å²) >= 11 is 0. The highest BCUT2D eigenvalue weighted by atomic mass is 16.4. The molecule has 0 aliphatic heterocycles. The third kappa shape index (κ3) is 4.45. The van der Waals surface area contributed by atoms with Crippen molar-refractivity contribution in [3.8, 4) is 6.07 Å².